The second-order valence-electron chi connectivity index (χ2n) is 3.46. The molecule has 0 spiro atoms. The molecule has 0 N–H and O–H groups in total. The highest BCUT2D eigenvalue weighted by Crippen LogP contribution is 2.24. The van der Waals surface area contributed by atoms with Crippen molar-refractivity contribution < 1.29 is 4.79 Å². The number of halogens is 3. The number of benzene rings is 2. The molecule has 2 aromatic rings. The Balaban J connectivity index is 2.40. The fraction of sp³-hybridized carbons (Fsp3) is 0. The lowest BCUT2D eigenvalue weighted by Crippen LogP contribution is -2.01. The van der Waals surface area contributed by atoms with Crippen LogP contribution in [-0.4, -0.2) is 5.78 Å². The maximum Gasteiger partial charge on any atom is 0.194 e. The van der Waals surface area contributed by atoms with Crippen LogP contribution in [0, 0.1) is 0 Å². The topological polar surface area (TPSA) is 17.1 Å². The highest BCUT2D eigenvalue weighted by atomic mass is 79.9. The molecule has 2 aromatic carbocycles. The zero-order valence-electron chi connectivity index (χ0n) is 8.58. The molecule has 0 unspecified atom stereocenters. The predicted octanol–water partition coefficient (Wildman–Crippen LogP) is 5.10. The van der Waals surface area contributed by atoms with Crippen LogP contribution in [-0.2, 0) is 0 Å². The van der Waals surface area contributed by atoms with E-state index in [-0.39, 0.29) is 5.78 Å². The molecule has 0 saturated heterocycles. The van der Waals surface area contributed by atoms with Crippen LogP contribution in [0.25, 0.3) is 0 Å². The van der Waals surface area contributed by atoms with Gasteiger partial charge in [-0.2, -0.15) is 0 Å². The van der Waals surface area contributed by atoms with E-state index in [9.17, 15) is 4.79 Å². The summed E-state index contributed by atoms with van der Waals surface area (Å²) in [5.41, 5.74) is 1.26. The Morgan fingerprint density at radius 1 is 1.00 bits per heavy atom. The number of carbonyl (C=O) groups excluding carboxylic acids is 1. The third-order valence-electron chi connectivity index (χ3n) is 2.28. The number of carbonyl (C=O) groups is 1. The summed E-state index contributed by atoms with van der Waals surface area (Å²) in [6, 6.07) is 12.4. The molecule has 0 heterocycles. The molecule has 0 atom stereocenters. The Labute approximate surface area is 121 Å². The Morgan fingerprint density at radius 2 is 1.65 bits per heavy atom. The summed E-state index contributed by atoms with van der Waals surface area (Å²) in [4.78, 5) is 12.2. The van der Waals surface area contributed by atoms with Crippen molar-refractivity contribution in [2.24, 2.45) is 0 Å². The van der Waals surface area contributed by atoms with Gasteiger partial charge in [0.2, 0.25) is 0 Å². The summed E-state index contributed by atoms with van der Waals surface area (Å²) < 4.78 is 1.65. The van der Waals surface area contributed by atoms with Crippen molar-refractivity contribution in [2.75, 3.05) is 0 Å². The van der Waals surface area contributed by atoms with E-state index in [1.165, 1.54) is 0 Å². The molecule has 0 saturated carbocycles. The normalized spacial score (nSPS) is 10.3. The van der Waals surface area contributed by atoms with Crippen molar-refractivity contribution >= 4 is 49.2 Å². The van der Waals surface area contributed by atoms with Gasteiger partial charge in [-0.15, -0.1) is 0 Å². The zero-order chi connectivity index (χ0) is 12.4. The minimum atomic E-state index is -0.0268. The minimum absolute atomic E-state index is 0.0268. The van der Waals surface area contributed by atoms with Crippen molar-refractivity contribution in [1.82, 2.24) is 0 Å². The molecular formula is C13H7Br2ClO. The standard InChI is InChI=1S/C13H7Br2ClO/c14-9-3-1-8(2-4-9)13(17)11-6-5-10(16)7-12(11)15/h1-7H. The molecule has 86 valence electrons. The van der Waals surface area contributed by atoms with Gasteiger partial charge in [-0.1, -0.05) is 27.5 Å². The largest absolute Gasteiger partial charge is 0.289 e. The van der Waals surface area contributed by atoms with Gasteiger partial charge in [0, 0.05) is 25.1 Å². The average molecular weight is 374 g/mol. The van der Waals surface area contributed by atoms with Gasteiger partial charge >= 0.3 is 0 Å². The van der Waals surface area contributed by atoms with Gasteiger partial charge < -0.3 is 0 Å². The quantitative estimate of drug-likeness (QED) is 0.669. The van der Waals surface area contributed by atoms with E-state index in [1.54, 1.807) is 30.3 Å². The Bertz CT molecular complexity index is 564. The number of ketones is 1. The molecule has 0 aliphatic carbocycles. The van der Waals surface area contributed by atoms with Crippen LogP contribution >= 0.6 is 43.5 Å². The van der Waals surface area contributed by atoms with Crippen molar-refractivity contribution in [2.45, 2.75) is 0 Å². The van der Waals surface area contributed by atoms with Gasteiger partial charge in [-0.05, 0) is 58.4 Å². The second-order valence-corrected chi connectivity index (χ2v) is 5.67. The lowest BCUT2D eigenvalue weighted by Gasteiger charge is -2.04. The van der Waals surface area contributed by atoms with Gasteiger partial charge in [-0.3, -0.25) is 4.79 Å². The maximum absolute atomic E-state index is 12.2. The molecule has 0 bridgehead atoms. The predicted molar refractivity (Wildman–Crippen MR) is 76.7 cm³/mol. The molecule has 0 aliphatic rings. The van der Waals surface area contributed by atoms with Gasteiger partial charge in [0.1, 0.15) is 0 Å². The van der Waals surface area contributed by atoms with Gasteiger partial charge in [0.25, 0.3) is 0 Å². The van der Waals surface area contributed by atoms with Crippen molar-refractivity contribution in [3.05, 3.63) is 67.6 Å². The Hall–Kier alpha value is -0.640. The van der Waals surface area contributed by atoms with E-state index in [4.69, 9.17) is 11.6 Å². The Kier molecular flexibility index (Phi) is 4.02. The Morgan fingerprint density at radius 3 is 2.24 bits per heavy atom. The SMILES string of the molecule is O=C(c1ccc(Br)cc1)c1ccc(Cl)cc1Br. The summed E-state index contributed by atoms with van der Waals surface area (Å²) >= 11 is 12.5. The molecular weight excluding hydrogens is 367 g/mol. The minimum Gasteiger partial charge on any atom is -0.289 e. The van der Waals surface area contributed by atoms with Crippen LogP contribution in [0.1, 0.15) is 15.9 Å². The molecule has 17 heavy (non-hydrogen) atoms. The van der Waals surface area contributed by atoms with Crippen LogP contribution in [0.2, 0.25) is 5.02 Å². The van der Waals surface area contributed by atoms with Gasteiger partial charge in [-0.25, -0.2) is 0 Å². The van der Waals surface area contributed by atoms with E-state index in [2.05, 4.69) is 31.9 Å². The highest BCUT2D eigenvalue weighted by Gasteiger charge is 2.12. The smallest absolute Gasteiger partial charge is 0.194 e. The van der Waals surface area contributed by atoms with E-state index in [0.29, 0.717) is 20.6 Å². The van der Waals surface area contributed by atoms with E-state index in [1.807, 2.05) is 12.1 Å². The fourth-order valence-electron chi connectivity index (χ4n) is 1.43. The maximum atomic E-state index is 12.2. The summed E-state index contributed by atoms with van der Waals surface area (Å²) in [5, 5.41) is 0.601. The highest BCUT2D eigenvalue weighted by molar-refractivity contribution is 9.10. The second kappa shape index (κ2) is 5.34. The first kappa shape index (κ1) is 12.8. The van der Waals surface area contributed by atoms with E-state index >= 15 is 0 Å². The van der Waals surface area contributed by atoms with Crippen LogP contribution in [0.4, 0.5) is 0 Å². The van der Waals surface area contributed by atoms with E-state index < -0.39 is 0 Å². The van der Waals surface area contributed by atoms with Crippen molar-refractivity contribution in [3.8, 4) is 0 Å². The lowest BCUT2D eigenvalue weighted by molar-refractivity contribution is 0.103. The van der Waals surface area contributed by atoms with Gasteiger partial charge in [0.15, 0.2) is 5.78 Å². The van der Waals surface area contributed by atoms with Gasteiger partial charge in [0.05, 0.1) is 0 Å². The number of hydrogen-bond acceptors (Lipinski definition) is 1. The van der Waals surface area contributed by atoms with Crippen LogP contribution < -0.4 is 0 Å². The first-order valence-corrected chi connectivity index (χ1v) is 6.79. The lowest BCUT2D eigenvalue weighted by atomic mass is 10.0. The number of rotatable bonds is 2. The molecule has 0 aromatic heterocycles. The third-order valence-corrected chi connectivity index (χ3v) is 3.70. The van der Waals surface area contributed by atoms with Crippen LogP contribution in [0.5, 0.6) is 0 Å². The third kappa shape index (κ3) is 2.97. The molecule has 0 aliphatic heterocycles. The monoisotopic (exact) mass is 372 g/mol. The summed E-state index contributed by atoms with van der Waals surface area (Å²) in [6.07, 6.45) is 0. The molecule has 0 fully saturated rings. The molecule has 2 rings (SSSR count). The molecule has 4 heteroatoms. The molecule has 0 radical (unpaired) electrons. The average Bonchev–Trinajstić information content (AvgIpc) is 2.29. The van der Waals surface area contributed by atoms with E-state index in [0.717, 1.165) is 4.47 Å². The molecule has 0 amide bonds. The van der Waals surface area contributed by atoms with Crippen LogP contribution in [0.3, 0.4) is 0 Å². The first-order valence-electron chi connectivity index (χ1n) is 4.83. The first-order chi connectivity index (χ1) is 8.08. The number of hydrogen-bond donors (Lipinski definition) is 0. The van der Waals surface area contributed by atoms with Crippen molar-refractivity contribution in [1.29, 1.82) is 0 Å². The molecule has 1 nitrogen and oxygen atoms in total. The summed E-state index contributed by atoms with van der Waals surface area (Å²) in [5.74, 6) is -0.0268. The summed E-state index contributed by atoms with van der Waals surface area (Å²) in [6.45, 7) is 0. The fourth-order valence-corrected chi connectivity index (χ4v) is 2.56. The summed E-state index contributed by atoms with van der Waals surface area (Å²) in [7, 11) is 0. The van der Waals surface area contributed by atoms with Crippen LogP contribution in [0.15, 0.2) is 51.4 Å². The zero-order valence-corrected chi connectivity index (χ0v) is 12.5. The van der Waals surface area contributed by atoms with Crippen molar-refractivity contribution in [3.63, 3.8) is 0 Å².